The second kappa shape index (κ2) is 11.6. The van der Waals surface area contributed by atoms with E-state index in [9.17, 15) is 0 Å². The molecule has 1 saturated heterocycles. The van der Waals surface area contributed by atoms with Gasteiger partial charge in [-0.25, -0.2) is 0 Å². The van der Waals surface area contributed by atoms with Crippen LogP contribution >= 0.6 is 23.5 Å². The molecule has 4 nitrogen and oxygen atoms in total. The summed E-state index contributed by atoms with van der Waals surface area (Å²) in [5.41, 5.74) is 2.35. The van der Waals surface area contributed by atoms with Crippen LogP contribution < -0.4 is 0 Å². The summed E-state index contributed by atoms with van der Waals surface area (Å²) in [7, 11) is 0. The molecule has 1 aliphatic rings. The standard InChI is InChI=1S/C20H28N4S2/c1-3-7-21-19(5-1)17-23-9-13-25-15-11-24(12-16-26-14-10-23)18-20-6-2-4-8-22-20/h1-8H,9-18H2. The van der Waals surface area contributed by atoms with Gasteiger partial charge in [0.1, 0.15) is 0 Å². The van der Waals surface area contributed by atoms with Crippen molar-refractivity contribution in [3.63, 3.8) is 0 Å². The fraction of sp³-hybridized carbons (Fsp3) is 0.500. The van der Waals surface area contributed by atoms with Crippen molar-refractivity contribution in [1.29, 1.82) is 0 Å². The molecule has 3 heterocycles. The first-order valence-corrected chi connectivity index (χ1v) is 11.6. The molecule has 0 aliphatic carbocycles. The lowest BCUT2D eigenvalue weighted by Crippen LogP contribution is -2.32. The van der Waals surface area contributed by atoms with Crippen LogP contribution in [0.15, 0.2) is 48.8 Å². The van der Waals surface area contributed by atoms with Crippen LogP contribution in [0.5, 0.6) is 0 Å². The molecule has 0 saturated carbocycles. The van der Waals surface area contributed by atoms with Gasteiger partial charge in [-0.2, -0.15) is 23.5 Å². The fourth-order valence-electron chi connectivity index (χ4n) is 2.96. The van der Waals surface area contributed by atoms with Crippen molar-refractivity contribution in [1.82, 2.24) is 19.8 Å². The highest BCUT2D eigenvalue weighted by molar-refractivity contribution is 7.99. The molecule has 1 aliphatic heterocycles. The second-order valence-corrected chi connectivity index (χ2v) is 8.87. The summed E-state index contributed by atoms with van der Waals surface area (Å²) in [4.78, 5) is 14.1. The van der Waals surface area contributed by atoms with Crippen molar-refractivity contribution in [2.24, 2.45) is 0 Å². The minimum atomic E-state index is 0.966. The number of nitrogens with zero attached hydrogens (tertiary/aromatic N) is 4. The minimum absolute atomic E-state index is 0.966. The van der Waals surface area contributed by atoms with Gasteiger partial charge in [0.25, 0.3) is 0 Å². The van der Waals surface area contributed by atoms with Crippen molar-refractivity contribution in [3.05, 3.63) is 60.2 Å². The molecule has 3 rings (SSSR count). The molecular formula is C20H28N4S2. The van der Waals surface area contributed by atoms with Crippen LogP contribution in [0.3, 0.4) is 0 Å². The van der Waals surface area contributed by atoms with Gasteiger partial charge in [-0.3, -0.25) is 19.8 Å². The Morgan fingerprint density at radius 3 is 1.42 bits per heavy atom. The molecule has 0 atom stereocenters. The van der Waals surface area contributed by atoms with Gasteiger partial charge in [-0.15, -0.1) is 0 Å². The van der Waals surface area contributed by atoms with Gasteiger partial charge >= 0.3 is 0 Å². The summed E-state index contributed by atoms with van der Waals surface area (Å²) in [6.07, 6.45) is 3.79. The monoisotopic (exact) mass is 388 g/mol. The third kappa shape index (κ3) is 7.27. The van der Waals surface area contributed by atoms with E-state index in [-0.39, 0.29) is 0 Å². The summed E-state index contributed by atoms with van der Waals surface area (Å²) in [5.74, 6) is 4.76. The van der Waals surface area contributed by atoms with E-state index in [2.05, 4.69) is 67.6 Å². The molecule has 1 fully saturated rings. The maximum Gasteiger partial charge on any atom is 0.0543 e. The highest BCUT2D eigenvalue weighted by atomic mass is 32.2. The van der Waals surface area contributed by atoms with Crippen LogP contribution in [0.2, 0.25) is 0 Å². The molecule has 2 aromatic rings. The minimum Gasteiger partial charge on any atom is -0.296 e. The number of hydrogen-bond donors (Lipinski definition) is 0. The largest absolute Gasteiger partial charge is 0.296 e. The Labute approximate surface area is 165 Å². The van der Waals surface area contributed by atoms with Crippen molar-refractivity contribution in [3.8, 4) is 0 Å². The smallest absolute Gasteiger partial charge is 0.0543 e. The number of thioether (sulfide) groups is 2. The number of aromatic nitrogens is 2. The molecular weight excluding hydrogens is 360 g/mol. The predicted octanol–water partition coefficient (Wildman–Crippen LogP) is 3.26. The summed E-state index contributed by atoms with van der Waals surface area (Å²) >= 11 is 4.13. The van der Waals surface area contributed by atoms with E-state index < -0.39 is 0 Å². The summed E-state index contributed by atoms with van der Waals surface area (Å²) in [6.45, 7) is 6.50. The van der Waals surface area contributed by atoms with Crippen molar-refractivity contribution in [2.45, 2.75) is 13.1 Å². The summed E-state index contributed by atoms with van der Waals surface area (Å²) in [6, 6.07) is 12.4. The first kappa shape index (κ1) is 19.7. The van der Waals surface area contributed by atoms with Crippen LogP contribution in [0.4, 0.5) is 0 Å². The molecule has 2 aromatic heterocycles. The van der Waals surface area contributed by atoms with E-state index in [4.69, 9.17) is 0 Å². The van der Waals surface area contributed by atoms with Gasteiger partial charge in [0.15, 0.2) is 0 Å². The van der Waals surface area contributed by atoms with Gasteiger partial charge in [-0.05, 0) is 24.3 Å². The zero-order valence-corrected chi connectivity index (χ0v) is 16.9. The Balaban J connectivity index is 1.46. The molecule has 0 radical (unpaired) electrons. The molecule has 0 N–H and O–H groups in total. The highest BCUT2D eigenvalue weighted by Crippen LogP contribution is 2.12. The quantitative estimate of drug-likeness (QED) is 0.799. The van der Waals surface area contributed by atoms with Gasteiger partial charge in [0, 0.05) is 74.7 Å². The number of hydrogen-bond acceptors (Lipinski definition) is 6. The summed E-state index contributed by atoms with van der Waals surface area (Å²) in [5, 5.41) is 0. The molecule has 0 amide bonds. The molecule has 26 heavy (non-hydrogen) atoms. The lowest BCUT2D eigenvalue weighted by molar-refractivity contribution is 0.291. The first-order chi connectivity index (χ1) is 12.9. The number of rotatable bonds is 4. The van der Waals surface area contributed by atoms with Crippen molar-refractivity contribution >= 4 is 23.5 Å². The van der Waals surface area contributed by atoms with E-state index in [1.165, 1.54) is 34.4 Å². The van der Waals surface area contributed by atoms with Crippen molar-refractivity contribution < 1.29 is 0 Å². The first-order valence-electron chi connectivity index (χ1n) is 9.30. The average molecular weight is 389 g/mol. The summed E-state index contributed by atoms with van der Waals surface area (Å²) < 4.78 is 0. The molecule has 6 heteroatoms. The van der Waals surface area contributed by atoms with Crippen LogP contribution in [0.1, 0.15) is 11.4 Å². The molecule has 0 spiro atoms. The topological polar surface area (TPSA) is 32.3 Å². The SMILES string of the molecule is c1ccc(CN2CCSCCN(Cc3ccccn3)CCSCC2)nc1. The number of pyridine rings is 2. The third-order valence-corrected chi connectivity index (χ3v) is 6.32. The zero-order valence-electron chi connectivity index (χ0n) is 15.3. The van der Waals surface area contributed by atoms with Gasteiger partial charge < -0.3 is 0 Å². The van der Waals surface area contributed by atoms with Gasteiger partial charge in [-0.1, -0.05) is 12.1 Å². The van der Waals surface area contributed by atoms with Crippen molar-refractivity contribution in [2.75, 3.05) is 49.2 Å². The van der Waals surface area contributed by atoms with Crippen LogP contribution in [0, 0.1) is 0 Å². The van der Waals surface area contributed by atoms with E-state index in [0.29, 0.717) is 0 Å². The Hall–Kier alpha value is -1.08. The van der Waals surface area contributed by atoms with Gasteiger partial charge in [0.05, 0.1) is 11.4 Å². The van der Waals surface area contributed by atoms with E-state index >= 15 is 0 Å². The Bertz CT molecular complexity index is 544. The van der Waals surface area contributed by atoms with E-state index in [1.54, 1.807) is 0 Å². The Kier molecular flexibility index (Phi) is 8.77. The lowest BCUT2D eigenvalue weighted by atomic mass is 10.3. The van der Waals surface area contributed by atoms with E-state index in [1.807, 2.05) is 24.5 Å². The van der Waals surface area contributed by atoms with Crippen LogP contribution in [-0.2, 0) is 13.1 Å². The van der Waals surface area contributed by atoms with E-state index in [0.717, 1.165) is 39.3 Å². The molecule has 0 unspecified atom stereocenters. The molecule has 140 valence electrons. The van der Waals surface area contributed by atoms with Crippen LogP contribution in [0.25, 0.3) is 0 Å². The lowest BCUT2D eigenvalue weighted by Gasteiger charge is -2.25. The predicted molar refractivity (Wildman–Crippen MR) is 114 cm³/mol. The Morgan fingerprint density at radius 2 is 1.08 bits per heavy atom. The van der Waals surface area contributed by atoms with Gasteiger partial charge in [0.2, 0.25) is 0 Å². The fourth-order valence-corrected chi connectivity index (χ4v) is 4.92. The normalized spacial score (nSPS) is 18.8. The molecule has 0 aromatic carbocycles. The molecule has 0 bridgehead atoms. The average Bonchev–Trinajstić information content (AvgIpc) is 2.67. The Morgan fingerprint density at radius 1 is 0.654 bits per heavy atom. The zero-order chi connectivity index (χ0) is 17.9. The maximum absolute atomic E-state index is 4.48. The third-order valence-electron chi connectivity index (χ3n) is 4.43. The maximum atomic E-state index is 4.48. The van der Waals surface area contributed by atoms with Crippen LogP contribution in [-0.4, -0.2) is 69.0 Å². The highest BCUT2D eigenvalue weighted by Gasteiger charge is 2.11. The second-order valence-electron chi connectivity index (χ2n) is 6.42.